The molecular formula is C13H18O3. The van der Waals surface area contributed by atoms with Gasteiger partial charge in [-0.15, -0.1) is 0 Å². The highest BCUT2D eigenvalue weighted by Crippen LogP contribution is 2.27. The number of methoxy groups -OCH3 is 2. The first kappa shape index (κ1) is 12.6. The normalized spacial score (nSPS) is 12.0. The van der Waals surface area contributed by atoms with Gasteiger partial charge in [0.05, 0.1) is 20.1 Å². The molecule has 0 aliphatic carbocycles. The maximum Gasteiger partial charge on any atom is 0.313 e. The van der Waals surface area contributed by atoms with Gasteiger partial charge in [-0.1, -0.05) is 19.1 Å². The van der Waals surface area contributed by atoms with Gasteiger partial charge in [0, 0.05) is 0 Å². The van der Waals surface area contributed by atoms with Crippen molar-refractivity contribution in [2.75, 3.05) is 14.2 Å². The molecule has 0 saturated heterocycles. The van der Waals surface area contributed by atoms with Gasteiger partial charge >= 0.3 is 5.97 Å². The van der Waals surface area contributed by atoms with Gasteiger partial charge in [0.2, 0.25) is 0 Å². The second-order valence-electron chi connectivity index (χ2n) is 3.71. The van der Waals surface area contributed by atoms with E-state index in [0.29, 0.717) is 0 Å². The van der Waals surface area contributed by atoms with E-state index in [1.54, 1.807) is 7.11 Å². The average molecular weight is 222 g/mol. The number of rotatable bonds is 4. The van der Waals surface area contributed by atoms with Crippen molar-refractivity contribution < 1.29 is 14.3 Å². The Hall–Kier alpha value is -1.51. The first-order valence-electron chi connectivity index (χ1n) is 5.36. The fraction of sp³-hybridized carbons (Fsp3) is 0.462. The number of hydrogen-bond acceptors (Lipinski definition) is 3. The smallest absolute Gasteiger partial charge is 0.313 e. The molecule has 1 rings (SSSR count). The summed E-state index contributed by atoms with van der Waals surface area (Å²) in [6.45, 7) is 3.94. The summed E-state index contributed by atoms with van der Waals surface area (Å²) in [7, 11) is 3.04. The van der Waals surface area contributed by atoms with Crippen molar-refractivity contribution in [2.24, 2.45) is 0 Å². The third kappa shape index (κ3) is 2.54. The zero-order chi connectivity index (χ0) is 12.1. The van der Waals surface area contributed by atoms with Crippen molar-refractivity contribution in [3.63, 3.8) is 0 Å². The van der Waals surface area contributed by atoms with E-state index in [4.69, 9.17) is 9.47 Å². The molecule has 1 atom stereocenters. The summed E-state index contributed by atoms with van der Waals surface area (Å²) in [6.07, 6.45) is 0.721. The highest BCUT2D eigenvalue weighted by molar-refractivity contribution is 5.78. The molecule has 0 amide bonds. The summed E-state index contributed by atoms with van der Waals surface area (Å²) in [5.41, 5.74) is 2.00. The minimum absolute atomic E-state index is 0.201. The van der Waals surface area contributed by atoms with Crippen LogP contribution in [0.15, 0.2) is 18.2 Å². The van der Waals surface area contributed by atoms with Crippen molar-refractivity contribution >= 4 is 5.97 Å². The van der Waals surface area contributed by atoms with Gasteiger partial charge in [0.25, 0.3) is 0 Å². The topological polar surface area (TPSA) is 35.5 Å². The van der Waals surface area contributed by atoms with Crippen LogP contribution in [-0.4, -0.2) is 20.2 Å². The molecule has 1 unspecified atom stereocenters. The largest absolute Gasteiger partial charge is 0.496 e. The minimum Gasteiger partial charge on any atom is -0.496 e. The molecule has 0 spiro atoms. The number of esters is 1. The van der Waals surface area contributed by atoms with E-state index in [1.807, 2.05) is 32.0 Å². The number of carbonyl (C=O) groups is 1. The molecule has 1 aromatic rings. The zero-order valence-electron chi connectivity index (χ0n) is 10.2. The van der Waals surface area contributed by atoms with E-state index in [0.717, 1.165) is 23.3 Å². The van der Waals surface area contributed by atoms with Gasteiger partial charge in [0.15, 0.2) is 0 Å². The predicted molar refractivity (Wildman–Crippen MR) is 62.8 cm³/mol. The molecule has 3 heteroatoms. The molecule has 16 heavy (non-hydrogen) atoms. The van der Waals surface area contributed by atoms with Crippen LogP contribution in [-0.2, 0) is 9.53 Å². The summed E-state index contributed by atoms with van der Waals surface area (Å²) >= 11 is 0. The third-order valence-corrected chi connectivity index (χ3v) is 2.73. The van der Waals surface area contributed by atoms with Crippen molar-refractivity contribution in [3.05, 3.63) is 29.3 Å². The molecule has 0 radical (unpaired) electrons. The Morgan fingerprint density at radius 3 is 2.56 bits per heavy atom. The number of hydrogen-bond donors (Lipinski definition) is 0. The first-order valence-corrected chi connectivity index (χ1v) is 5.36. The van der Waals surface area contributed by atoms with Gasteiger partial charge in [-0.25, -0.2) is 0 Å². The summed E-state index contributed by atoms with van der Waals surface area (Å²) in [4.78, 5) is 11.6. The van der Waals surface area contributed by atoms with Crippen LogP contribution < -0.4 is 4.74 Å². The van der Waals surface area contributed by atoms with E-state index < -0.39 is 0 Å². The lowest BCUT2D eigenvalue weighted by molar-refractivity contribution is -0.142. The lowest BCUT2D eigenvalue weighted by Crippen LogP contribution is -2.13. The number of ether oxygens (including phenoxy) is 2. The Kier molecular flexibility index (Phi) is 4.35. The van der Waals surface area contributed by atoms with Crippen LogP contribution in [0.3, 0.4) is 0 Å². The summed E-state index contributed by atoms with van der Waals surface area (Å²) in [5.74, 6) is 0.396. The van der Waals surface area contributed by atoms with Gasteiger partial charge < -0.3 is 9.47 Å². The van der Waals surface area contributed by atoms with Crippen LogP contribution in [0.5, 0.6) is 5.75 Å². The third-order valence-electron chi connectivity index (χ3n) is 2.73. The summed E-state index contributed by atoms with van der Waals surface area (Å²) < 4.78 is 10.0. The lowest BCUT2D eigenvalue weighted by Gasteiger charge is -2.14. The van der Waals surface area contributed by atoms with Crippen molar-refractivity contribution in [2.45, 2.75) is 26.2 Å². The first-order chi connectivity index (χ1) is 7.63. The zero-order valence-corrected chi connectivity index (χ0v) is 10.2. The molecule has 0 fully saturated rings. The minimum atomic E-state index is -0.209. The molecule has 88 valence electrons. The van der Waals surface area contributed by atoms with Crippen LogP contribution in [0.25, 0.3) is 0 Å². The number of aryl methyl sites for hydroxylation is 1. The van der Waals surface area contributed by atoms with Gasteiger partial charge in [-0.3, -0.25) is 4.79 Å². The fourth-order valence-electron chi connectivity index (χ4n) is 1.73. The van der Waals surface area contributed by atoms with Crippen LogP contribution >= 0.6 is 0 Å². The number of carbonyl (C=O) groups excluding carboxylic acids is 1. The van der Waals surface area contributed by atoms with E-state index in [2.05, 4.69) is 0 Å². The molecule has 0 aromatic heterocycles. The molecule has 1 aromatic carbocycles. The Bertz CT molecular complexity index is 371. The van der Waals surface area contributed by atoms with Crippen LogP contribution in [0, 0.1) is 6.92 Å². The van der Waals surface area contributed by atoms with Gasteiger partial charge in [-0.2, -0.15) is 0 Å². The Balaban J connectivity index is 3.06. The predicted octanol–water partition coefficient (Wildman–Crippen LogP) is 2.67. The van der Waals surface area contributed by atoms with Crippen LogP contribution in [0.4, 0.5) is 0 Å². The Morgan fingerprint density at radius 2 is 2.06 bits per heavy atom. The Morgan fingerprint density at radius 1 is 1.38 bits per heavy atom. The van der Waals surface area contributed by atoms with E-state index >= 15 is 0 Å². The highest BCUT2D eigenvalue weighted by Gasteiger charge is 2.19. The molecule has 0 bridgehead atoms. The molecule has 0 saturated carbocycles. The van der Waals surface area contributed by atoms with Crippen LogP contribution in [0.1, 0.15) is 30.4 Å². The monoisotopic (exact) mass is 222 g/mol. The molecular weight excluding hydrogens is 204 g/mol. The maximum absolute atomic E-state index is 11.6. The van der Waals surface area contributed by atoms with Crippen molar-refractivity contribution in [1.82, 2.24) is 0 Å². The van der Waals surface area contributed by atoms with E-state index in [9.17, 15) is 4.79 Å². The average Bonchev–Trinajstić information content (AvgIpc) is 2.31. The van der Waals surface area contributed by atoms with E-state index in [-0.39, 0.29) is 11.9 Å². The molecule has 3 nitrogen and oxygen atoms in total. The fourth-order valence-corrected chi connectivity index (χ4v) is 1.73. The molecule has 0 heterocycles. The molecule has 0 aliphatic heterocycles. The SMILES string of the molecule is CCC(C(=O)OC)c1ccc(C)c(OC)c1. The van der Waals surface area contributed by atoms with Crippen LogP contribution in [0.2, 0.25) is 0 Å². The quantitative estimate of drug-likeness (QED) is 0.735. The standard InChI is InChI=1S/C13H18O3/c1-5-11(13(14)16-4)10-7-6-9(2)12(8-10)15-3/h6-8,11H,5H2,1-4H3. The van der Waals surface area contributed by atoms with E-state index in [1.165, 1.54) is 7.11 Å². The molecule has 0 aliphatic rings. The summed E-state index contributed by atoms with van der Waals surface area (Å²) in [5, 5.41) is 0. The lowest BCUT2D eigenvalue weighted by atomic mass is 9.95. The maximum atomic E-state index is 11.6. The van der Waals surface area contributed by atoms with Gasteiger partial charge in [-0.05, 0) is 30.5 Å². The second kappa shape index (κ2) is 5.54. The molecule has 0 N–H and O–H groups in total. The number of benzene rings is 1. The Labute approximate surface area is 96.4 Å². The highest BCUT2D eigenvalue weighted by atomic mass is 16.5. The van der Waals surface area contributed by atoms with Crippen molar-refractivity contribution in [3.8, 4) is 5.75 Å². The summed E-state index contributed by atoms with van der Waals surface area (Å²) in [6, 6.07) is 5.81. The second-order valence-corrected chi connectivity index (χ2v) is 3.71. The van der Waals surface area contributed by atoms with Gasteiger partial charge in [0.1, 0.15) is 5.75 Å². The van der Waals surface area contributed by atoms with Crippen molar-refractivity contribution in [1.29, 1.82) is 0 Å².